The van der Waals surface area contributed by atoms with Crippen LogP contribution in [0.25, 0.3) is 10.8 Å². The van der Waals surface area contributed by atoms with Gasteiger partial charge in [-0.15, -0.1) is 0 Å². The zero-order chi connectivity index (χ0) is 16.2. The highest BCUT2D eigenvalue weighted by Gasteiger charge is 2.34. The van der Waals surface area contributed by atoms with Gasteiger partial charge in [-0.2, -0.15) is 0 Å². The second kappa shape index (κ2) is 4.45. The number of benzene rings is 2. The Labute approximate surface area is 123 Å². The molecule has 7 nitrogen and oxygen atoms in total. The van der Waals surface area contributed by atoms with E-state index in [0.29, 0.717) is 0 Å². The highest BCUT2D eigenvalue weighted by molar-refractivity contribution is 6.23. The Morgan fingerprint density at radius 3 is 1.86 bits per heavy atom. The molecule has 0 heterocycles. The summed E-state index contributed by atoms with van der Waals surface area (Å²) in [6.07, 6.45) is -0.255. The molecular formula is C15H10O7. The van der Waals surface area contributed by atoms with Crippen molar-refractivity contribution in [3.8, 4) is 17.2 Å². The van der Waals surface area contributed by atoms with Gasteiger partial charge in [0.05, 0.1) is 22.1 Å². The lowest BCUT2D eigenvalue weighted by atomic mass is 9.84. The first-order valence-corrected chi connectivity index (χ1v) is 6.37. The number of hydrogen-bond acceptors (Lipinski definition) is 6. The summed E-state index contributed by atoms with van der Waals surface area (Å²) in [5, 5.41) is 38.9. The third-order valence-electron chi connectivity index (χ3n) is 3.75. The number of hydrogen-bond donors (Lipinski definition) is 4. The van der Waals surface area contributed by atoms with E-state index in [1.807, 2.05) is 0 Å². The van der Waals surface area contributed by atoms with Crippen LogP contribution in [-0.4, -0.2) is 38.0 Å². The molecule has 0 spiro atoms. The van der Waals surface area contributed by atoms with Crippen LogP contribution in [0.15, 0.2) is 12.1 Å². The Balaban J connectivity index is 2.62. The van der Waals surface area contributed by atoms with Gasteiger partial charge in [0.2, 0.25) is 0 Å². The van der Waals surface area contributed by atoms with Crippen molar-refractivity contribution in [3.05, 3.63) is 28.8 Å². The Kier molecular flexibility index (Phi) is 2.81. The summed E-state index contributed by atoms with van der Waals surface area (Å²) >= 11 is 0. The molecule has 0 fully saturated rings. The molecule has 0 bridgehead atoms. The van der Waals surface area contributed by atoms with Gasteiger partial charge in [-0.25, -0.2) is 4.79 Å². The fraction of sp³-hybridized carbons (Fsp3) is 0.133. The Morgan fingerprint density at radius 1 is 0.864 bits per heavy atom. The molecule has 0 aromatic heterocycles. The average Bonchev–Trinajstić information content (AvgIpc) is 2.46. The first kappa shape index (κ1) is 13.9. The van der Waals surface area contributed by atoms with Crippen LogP contribution in [0.5, 0.6) is 17.2 Å². The number of carboxylic acid groups (broad SMARTS) is 1. The van der Waals surface area contributed by atoms with Crippen molar-refractivity contribution in [1.82, 2.24) is 0 Å². The number of Topliss-reactive ketones (excluding diaryl/α,β-unsaturated/α-hetero) is 2. The standard InChI is InChI=1S/C15H10O7/c16-6-2-1-5(15(21)22)9-10(6)14(20)12-8(18)4-3-7(17)11(12)13(9)19/h1-2,16,19-20H,3-4H2,(H,21,22). The molecule has 0 saturated heterocycles. The molecule has 2 aromatic carbocycles. The maximum atomic E-state index is 12.0. The van der Waals surface area contributed by atoms with Crippen molar-refractivity contribution < 1.29 is 34.8 Å². The minimum Gasteiger partial charge on any atom is -0.507 e. The number of carbonyl (C=O) groups excluding carboxylic acids is 2. The molecule has 0 amide bonds. The van der Waals surface area contributed by atoms with E-state index in [-0.39, 0.29) is 29.2 Å². The van der Waals surface area contributed by atoms with Crippen LogP contribution >= 0.6 is 0 Å². The van der Waals surface area contributed by atoms with Crippen LogP contribution in [0.1, 0.15) is 43.9 Å². The third kappa shape index (κ3) is 1.65. The zero-order valence-electron chi connectivity index (χ0n) is 11.1. The number of carboxylic acids is 1. The molecule has 1 aliphatic carbocycles. The van der Waals surface area contributed by atoms with E-state index in [9.17, 15) is 34.8 Å². The largest absolute Gasteiger partial charge is 0.507 e. The molecule has 0 unspecified atom stereocenters. The van der Waals surface area contributed by atoms with Gasteiger partial charge >= 0.3 is 5.97 Å². The van der Waals surface area contributed by atoms with Crippen molar-refractivity contribution in [2.24, 2.45) is 0 Å². The number of fused-ring (bicyclic) bond motifs is 2. The second-order valence-corrected chi connectivity index (χ2v) is 4.98. The Hall–Kier alpha value is -3.09. The number of carbonyl (C=O) groups is 3. The lowest BCUT2D eigenvalue weighted by Gasteiger charge is -2.20. The van der Waals surface area contributed by atoms with Crippen LogP contribution in [0, 0.1) is 0 Å². The molecule has 0 aliphatic heterocycles. The predicted molar refractivity (Wildman–Crippen MR) is 73.8 cm³/mol. The van der Waals surface area contributed by atoms with Gasteiger partial charge in [-0.05, 0) is 12.1 Å². The van der Waals surface area contributed by atoms with E-state index >= 15 is 0 Å². The highest BCUT2D eigenvalue weighted by Crippen LogP contribution is 2.47. The topological polar surface area (TPSA) is 132 Å². The fourth-order valence-corrected chi connectivity index (χ4v) is 2.76. The zero-order valence-corrected chi connectivity index (χ0v) is 11.1. The SMILES string of the molecule is O=C1CCC(=O)c2c1c(O)c1c(O)ccc(C(=O)O)c1c2O. The van der Waals surface area contributed by atoms with Crippen molar-refractivity contribution in [1.29, 1.82) is 0 Å². The number of rotatable bonds is 1. The van der Waals surface area contributed by atoms with E-state index in [2.05, 4.69) is 0 Å². The molecule has 1 aliphatic rings. The minimum absolute atomic E-state index is 0.121. The summed E-state index contributed by atoms with van der Waals surface area (Å²) in [6, 6.07) is 2.08. The van der Waals surface area contributed by atoms with E-state index in [1.165, 1.54) is 0 Å². The molecule has 112 valence electrons. The van der Waals surface area contributed by atoms with Gasteiger partial charge in [-0.1, -0.05) is 0 Å². The normalized spacial score (nSPS) is 14.2. The fourth-order valence-electron chi connectivity index (χ4n) is 2.76. The number of phenolic OH excluding ortho intramolecular Hbond substituents is 3. The van der Waals surface area contributed by atoms with Gasteiger partial charge in [0.1, 0.15) is 17.2 Å². The summed E-state index contributed by atoms with van der Waals surface area (Å²) in [5.74, 6) is -4.43. The summed E-state index contributed by atoms with van der Waals surface area (Å²) in [5.41, 5.74) is -1.16. The van der Waals surface area contributed by atoms with E-state index in [0.717, 1.165) is 12.1 Å². The van der Waals surface area contributed by atoms with Crippen molar-refractivity contribution in [2.75, 3.05) is 0 Å². The molecular weight excluding hydrogens is 292 g/mol. The maximum Gasteiger partial charge on any atom is 0.336 e. The van der Waals surface area contributed by atoms with Crippen LogP contribution < -0.4 is 0 Å². The first-order valence-electron chi connectivity index (χ1n) is 6.37. The molecule has 0 atom stereocenters. The molecule has 3 rings (SSSR count). The lowest BCUT2D eigenvalue weighted by molar-refractivity contribution is 0.0698. The smallest absolute Gasteiger partial charge is 0.336 e. The molecule has 0 radical (unpaired) electrons. The molecule has 4 N–H and O–H groups in total. The highest BCUT2D eigenvalue weighted by atomic mass is 16.4. The van der Waals surface area contributed by atoms with Gasteiger partial charge in [-0.3, -0.25) is 9.59 Å². The van der Waals surface area contributed by atoms with Crippen molar-refractivity contribution in [2.45, 2.75) is 12.8 Å². The van der Waals surface area contributed by atoms with Gasteiger partial charge in [0.25, 0.3) is 0 Å². The molecule has 22 heavy (non-hydrogen) atoms. The summed E-state index contributed by atoms with van der Waals surface area (Å²) < 4.78 is 0. The van der Waals surface area contributed by atoms with Crippen molar-refractivity contribution >= 4 is 28.3 Å². The van der Waals surface area contributed by atoms with Crippen LogP contribution in [-0.2, 0) is 0 Å². The van der Waals surface area contributed by atoms with E-state index < -0.39 is 45.9 Å². The number of aromatic hydroxyl groups is 3. The van der Waals surface area contributed by atoms with Crippen molar-refractivity contribution in [3.63, 3.8) is 0 Å². The maximum absolute atomic E-state index is 12.0. The Morgan fingerprint density at radius 2 is 1.36 bits per heavy atom. The minimum atomic E-state index is -1.41. The van der Waals surface area contributed by atoms with E-state index in [4.69, 9.17) is 0 Å². The molecule has 7 heteroatoms. The summed E-state index contributed by atoms with van der Waals surface area (Å²) in [4.78, 5) is 35.2. The lowest BCUT2D eigenvalue weighted by Crippen LogP contribution is -2.18. The summed E-state index contributed by atoms with van der Waals surface area (Å²) in [6.45, 7) is 0. The molecule has 0 saturated carbocycles. The predicted octanol–water partition coefficient (Wildman–Crippen LogP) is 1.81. The number of phenols is 3. The second-order valence-electron chi connectivity index (χ2n) is 4.98. The first-order chi connectivity index (χ1) is 10.3. The van der Waals surface area contributed by atoms with Crippen LogP contribution in [0.2, 0.25) is 0 Å². The molecule has 2 aromatic rings. The Bertz CT molecular complexity index is 880. The van der Waals surface area contributed by atoms with Gasteiger partial charge in [0, 0.05) is 18.2 Å². The number of ketones is 2. The van der Waals surface area contributed by atoms with Gasteiger partial charge < -0.3 is 20.4 Å². The summed E-state index contributed by atoms with van der Waals surface area (Å²) in [7, 11) is 0. The van der Waals surface area contributed by atoms with Crippen LogP contribution in [0.3, 0.4) is 0 Å². The quantitative estimate of drug-likeness (QED) is 0.590. The van der Waals surface area contributed by atoms with E-state index in [1.54, 1.807) is 0 Å². The monoisotopic (exact) mass is 302 g/mol. The third-order valence-corrected chi connectivity index (χ3v) is 3.75. The number of aromatic carboxylic acids is 1. The van der Waals surface area contributed by atoms with Gasteiger partial charge in [0.15, 0.2) is 11.6 Å². The van der Waals surface area contributed by atoms with Crippen LogP contribution in [0.4, 0.5) is 0 Å². The average molecular weight is 302 g/mol.